The van der Waals surface area contributed by atoms with Crippen LogP contribution in [0.15, 0.2) is 41.3 Å². The summed E-state index contributed by atoms with van der Waals surface area (Å²) in [5, 5.41) is 9.78. The molecule has 2 aromatic rings. The fraction of sp³-hybridized carbons (Fsp3) is 0.294. The maximum absolute atomic E-state index is 13.6. The number of rotatable bonds is 4. The van der Waals surface area contributed by atoms with Gasteiger partial charge in [0.05, 0.1) is 6.10 Å². The molecule has 0 amide bonds. The molecule has 0 saturated heterocycles. The van der Waals surface area contributed by atoms with Crippen LogP contribution >= 0.6 is 11.8 Å². The molecule has 2 aromatic carbocycles. The van der Waals surface area contributed by atoms with Crippen LogP contribution in [0.2, 0.25) is 0 Å². The third kappa shape index (κ3) is 3.62. The lowest BCUT2D eigenvalue weighted by atomic mass is 10.1. The van der Waals surface area contributed by atoms with Crippen molar-refractivity contribution in [1.29, 1.82) is 0 Å². The highest BCUT2D eigenvalue weighted by Gasteiger charge is 2.12. The Bertz CT molecular complexity index is 608. The van der Waals surface area contributed by atoms with Crippen LogP contribution in [-0.4, -0.2) is 5.11 Å². The normalized spacial score (nSPS) is 12.4. The van der Waals surface area contributed by atoms with Gasteiger partial charge in [-0.15, -0.1) is 11.8 Å². The summed E-state index contributed by atoms with van der Waals surface area (Å²) >= 11 is 1.63. The van der Waals surface area contributed by atoms with Crippen LogP contribution in [0, 0.1) is 19.7 Å². The minimum absolute atomic E-state index is 0.263. The van der Waals surface area contributed by atoms with E-state index in [0.717, 1.165) is 10.6 Å². The van der Waals surface area contributed by atoms with Crippen molar-refractivity contribution >= 4 is 11.8 Å². The van der Waals surface area contributed by atoms with Crippen molar-refractivity contribution in [1.82, 2.24) is 0 Å². The van der Waals surface area contributed by atoms with E-state index in [4.69, 9.17) is 0 Å². The Balaban J connectivity index is 2.22. The van der Waals surface area contributed by atoms with E-state index < -0.39 is 6.10 Å². The topological polar surface area (TPSA) is 20.2 Å². The summed E-state index contributed by atoms with van der Waals surface area (Å²) in [7, 11) is 0. The van der Waals surface area contributed by atoms with Crippen molar-refractivity contribution in [3.05, 3.63) is 64.5 Å². The van der Waals surface area contributed by atoms with Crippen LogP contribution in [0.5, 0.6) is 0 Å². The van der Waals surface area contributed by atoms with E-state index in [2.05, 4.69) is 25.1 Å². The van der Waals surface area contributed by atoms with Gasteiger partial charge >= 0.3 is 0 Å². The lowest BCUT2D eigenvalue weighted by molar-refractivity contribution is 0.196. The van der Waals surface area contributed by atoms with Gasteiger partial charge in [0.25, 0.3) is 0 Å². The first kappa shape index (κ1) is 15.1. The molecule has 0 bridgehead atoms. The summed E-state index contributed by atoms with van der Waals surface area (Å²) < 4.78 is 13.6. The molecule has 0 unspecified atom stereocenters. The molecular weight excluding hydrogens is 271 g/mol. The fourth-order valence-corrected chi connectivity index (χ4v) is 3.24. The maximum atomic E-state index is 13.6. The SMILES string of the molecule is Cc1cccc(CSc2cc(C)c(F)cc2[C@H](C)O)c1. The number of halogens is 1. The third-order valence-corrected chi connectivity index (χ3v) is 4.36. The molecule has 0 fully saturated rings. The van der Waals surface area contributed by atoms with Crippen molar-refractivity contribution in [2.24, 2.45) is 0 Å². The molecule has 0 saturated carbocycles. The van der Waals surface area contributed by atoms with Gasteiger partial charge in [0.15, 0.2) is 0 Å². The van der Waals surface area contributed by atoms with E-state index in [9.17, 15) is 9.50 Å². The molecule has 0 spiro atoms. The molecule has 0 aliphatic carbocycles. The van der Waals surface area contributed by atoms with Gasteiger partial charge in [0.2, 0.25) is 0 Å². The first-order chi connectivity index (χ1) is 9.47. The van der Waals surface area contributed by atoms with Crippen molar-refractivity contribution in [2.75, 3.05) is 0 Å². The Labute approximate surface area is 123 Å². The minimum Gasteiger partial charge on any atom is -0.389 e. The highest BCUT2D eigenvalue weighted by Crippen LogP contribution is 2.32. The monoisotopic (exact) mass is 290 g/mol. The molecule has 0 aliphatic rings. The standard InChI is InChI=1S/C17H19FOS/c1-11-5-4-6-14(7-11)10-20-17-8-12(2)16(18)9-15(17)13(3)19/h4-9,13,19H,10H2,1-3H3/t13-/m0/s1. The zero-order chi connectivity index (χ0) is 14.7. The van der Waals surface area contributed by atoms with Crippen molar-refractivity contribution in [3.8, 4) is 0 Å². The van der Waals surface area contributed by atoms with Gasteiger partial charge in [0, 0.05) is 10.6 Å². The quantitative estimate of drug-likeness (QED) is 0.817. The van der Waals surface area contributed by atoms with E-state index >= 15 is 0 Å². The van der Waals surface area contributed by atoms with Gasteiger partial charge in [-0.2, -0.15) is 0 Å². The van der Waals surface area contributed by atoms with Gasteiger partial charge in [-0.3, -0.25) is 0 Å². The van der Waals surface area contributed by atoms with E-state index in [1.165, 1.54) is 17.2 Å². The first-order valence-corrected chi connectivity index (χ1v) is 7.62. The highest BCUT2D eigenvalue weighted by atomic mass is 32.2. The number of aryl methyl sites for hydroxylation is 2. The minimum atomic E-state index is -0.662. The van der Waals surface area contributed by atoms with Crippen molar-refractivity contribution < 1.29 is 9.50 Å². The summed E-state index contributed by atoms with van der Waals surface area (Å²) in [5.41, 5.74) is 3.73. The van der Waals surface area contributed by atoms with E-state index in [-0.39, 0.29) is 5.82 Å². The Morgan fingerprint density at radius 1 is 1.20 bits per heavy atom. The van der Waals surface area contributed by atoms with E-state index in [1.807, 2.05) is 12.1 Å². The number of aliphatic hydroxyl groups is 1. The largest absolute Gasteiger partial charge is 0.389 e. The molecule has 1 nitrogen and oxygen atoms in total. The zero-order valence-electron chi connectivity index (χ0n) is 12.0. The van der Waals surface area contributed by atoms with Gasteiger partial charge < -0.3 is 5.11 Å². The Hall–Kier alpha value is -1.32. The van der Waals surface area contributed by atoms with E-state index in [1.54, 1.807) is 25.6 Å². The van der Waals surface area contributed by atoms with Crippen LogP contribution in [0.1, 0.15) is 35.3 Å². The summed E-state index contributed by atoms with van der Waals surface area (Å²) in [6.45, 7) is 5.48. The molecule has 106 valence electrons. The second-order valence-electron chi connectivity index (χ2n) is 5.09. The van der Waals surface area contributed by atoms with Gasteiger partial charge in [-0.05, 0) is 49.6 Å². The number of aliphatic hydroxyl groups excluding tert-OH is 1. The first-order valence-electron chi connectivity index (χ1n) is 6.64. The number of hydrogen-bond acceptors (Lipinski definition) is 2. The number of thioether (sulfide) groups is 1. The fourth-order valence-electron chi connectivity index (χ4n) is 2.08. The predicted octanol–water partition coefficient (Wildman–Crippen LogP) is 4.79. The summed E-state index contributed by atoms with van der Waals surface area (Å²) in [5.74, 6) is 0.549. The van der Waals surface area contributed by atoms with Gasteiger partial charge in [-0.25, -0.2) is 4.39 Å². The molecular formula is C17H19FOS. The molecule has 2 rings (SSSR count). The lowest BCUT2D eigenvalue weighted by Crippen LogP contribution is -1.98. The summed E-state index contributed by atoms with van der Waals surface area (Å²) in [6, 6.07) is 11.6. The van der Waals surface area contributed by atoms with Crippen molar-refractivity contribution in [3.63, 3.8) is 0 Å². The highest BCUT2D eigenvalue weighted by molar-refractivity contribution is 7.98. The smallest absolute Gasteiger partial charge is 0.126 e. The Morgan fingerprint density at radius 3 is 2.60 bits per heavy atom. The predicted molar refractivity (Wildman–Crippen MR) is 82.5 cm³/mol. The van der Waals surface area contributed by atoms with Crippen molar-refractivity contribution in [2.45, 2.75) is 37.5 Å². The second kappa shape index (κ2) is 6.42. The molecule has 0 heterocycles. The molecule has 0 aromatic heterocycles. The number of benzene rings is 2. The summed E-state index contributed by atoms with van der Waals surface area (Å²) in [4.78, 5) is 0.945. The van der Waals surface area contributed by atoms with Crippen LogP contribution in [0.3, 0.4) is 0 Å². The Kier molecular flexibility index (Phi) is 4.84. The van der Waals surface area contributed by atoms with Crippen LogP contribution in [0.4, 0.5) is 4.39 Å². The summed E-state index contributed by atoms with van der Waals surface area (Å²) in [6.07, 6.45) is -0.662. The molecule has 0 aliphatic heterocycles. The average Bonchev–Trinajstić information content (AvgIpc) is 2.39. The van der Waals surface area contributed by atoms with Crippen LogP contribution in [-0.2, 0) is 5.75 Å². The molecule has 1 atom stereocenters. The third-order valence-electron chi connectivity index (χ3n) is 3.22. The molecule has 20 heavy (non-hydrogen) atoms. The zero-order valence-corrected chi connectivity index (χ0v) is 12.8. The molecule has 0 radical (unpaired) electrons. The lowest BCUT2D eigenvalue weighted by Gasteiger charge is -2.13. The average molecular weight is 290 g/mol. The molecule has 1 N–H and O–H groups in total. The Morgan fingerprint density at radius 2 is 1.95 bits per heavy atom. The van der Waals surface area contributed by atoms with E-state index in [0.29, 0.717) is 11.1 Å². The molecule has 3 heteroatoms. The van der Waals surface area contributed by atoms with Crippen LogP contribution in [0.25, 0.3) is 0 Å². The maximum Gasteiger partial charge on any atom is 0.126 e. The van der Waals surface area contributed by atoms with Crippen LogP contribution < -0.4 is 0 Å². The number of hydrogen-bond donors (Lipinski definition) is 1. The second-order valence-corrected chi connectivity index (χ2v) is 6.11. The van der Waals surface area contributed by atoms with Gasteiger partial charge in [-0.1, -0.05) is 29.8 Å². The van der Waals surface area contributed by atoms with Gasteiger partial charge in [0.1, 0.15) is 5.82 Å².